The normalized spacial score (nSPS) is 24.1. The molecule has 4 rings (SSSR count). The molecule has 2 fully saturated rings. The highest BCUT2D eigenvalue weighted by Gasteiger charge is 2.60. The predicted molar refractivity (Wildman–Crippen MR) is 104 cm³/mol. The number of likely N-dealkylation sites (N-methyl/N-ethyl adjacent to an activating group) is 1. The number of carbonyl (C=O) groups is 4. The molecule has 3 aliphatic rings. The van der Waals surface area contributed by atoms with Gasteiger partial charge in [-0.3, -0.25) is 19.3 Å². The first-order valence-corrected chi connectivity index (χ1v) is 9.94. The molecule has 0 spiro atoms. The number of para-hydroxylation sites is 1. The van der Waals surface area contributed by atoms with E-state index in [-0.39, 0.29) is 18.7 Å². The average molecular weight is 410 g/mol. The Labute approximate surface area is 173 Å². The lowest BCUT2D eigenvalue weighted by Crippen LogP contribution is -2.67. The van der Waals surface area contributed by atoms with Crippen molar-refractivity contribution in [2.75, 3.05) is 18.6 Å². The molecule has 1 aromatic rings. The summed E-state index contributed by atoms with van der Waals surface area (Å²) in [5.74, 6) is -2.11. The number of fused-ring (bicyclic) bond motifs is 3. The lowest BCUT2D eigenvalue weighted by molar-refractivity contribution is -0.159. The fourth-order valence-corrected chi connectivity index (χ4v) is 4.68. The van der Waals surface area contributed by atoms with Crippen molar-refractivity contribution >= 4 is 29.4 Å². The molecular formula is C21H22N4O5. The SMILES string of the molecule is CN1C(=O)c2ccccc2N2C(=O)CC[C@]12C(=O)OCC(=O)NC1(C#N)CCCC1. The summed E-state index contributed by atoms with van der Waals surface area (Å²) in [6.45, 7) is -0.588. The zero-order valence-electron chi connectivity index (χ0n) is 16.6. The van der Waals surface area contributed by atoms with Crippen molar-refractivity contribution in [3.63, 3.8) is 0 Å². The fraction of sp³-hybridized carbons (Fsp3) is 0.476. The van der Waals surface area contributed by atoms with E-state index in [0.29, 0.717) is 24.1 Å². The van der Waals surface area contributed by atoms with Crippen LogP contribution in [0.1, 0.15) is 48.9 Å². The van der Waals surface area contributed by atoms with Crippen molar-refractivity contribution in [2.45, 2.75) is 49.7 Å². The van der Waals surface area contributed by atoms with E-state index in [9.17, 15) is 24.4 Å². The minimum Gasteiger partial charge on any atom is -0.452 e. The number of carbonyl (C=O) groups excluding carboxylic acids is 4. The highest BCUT2D eigenvalue weighted by molar-refractivity contribution is 6.15. The van der Waals surface area contributed by atoms with Gasteiger partial charge in [0.2, 0.25) is 11.6 Å². The van der Waals surface area contributed by atoms with Crippen LogP contribution >= 0.6 is 0 Å². The van der Waals surface area contributed by atoms with E-state index in [1.165, 1.54) is 16.8 Å². The van der Waals surface area contributed by atoms with Crippen LogP contribution in [0.15, 0.2) is 24.3 Å². The van der Waals surface area contributed by atoms with Crippen molar-refractivity contribution in [1.82, 2.24) is 10.2 Å². The van der Waals surface area contributed by atoms with Gasteiger partial charge >= 0.3 is 5.97 Å². The minimum absolute atomic E-state index is 0.0742. The molecule has 0 bridgehead atoms. The number of hydrogen-bond acceptors (Lipinski definition) is 6. The lowest BCUT2D eigenvalue weighted by atomic mass is 9.97. The summed E-state index contributed by atoms with van der Waals surface area (Å²) in [4.78, 5) is 53.6. The lowest BCUT2D eigenvalue weighted by Gasteiger charge is -2.46. The number of benzene rings is 1. The van der Waals surface area contributed by atoms with E-state index in [4.69, 9.17) is 4.74 Å². The van der Waals surface area contributed by atoms with Gasteiger partial charge < -0.3 is 15.0 Å². The Balaban J connectivity index is 1.55. The molecule has 1 N–H and O–H groups in total. The largest absolute Gasteiger partial charge is 0.452 e. The molecule has 1 atom stereocenters. The van der Waals surface area contributed by atoms with Crippen LogP contribution in [0.4, 0.5) is 5.69 Å². The maximum atomic E-state index is 13.1. The molecule has 1 saturated heterocycles. The van der Waals surface area contributed by atoms with Gasteiger partial charge in [0.05, 0.1) is 17.3 Å². The van der Waals surface area contributed by atoms with Gasteiger partial charge in [0.15, 0.2) is 6.61 Å². The second-order valence-corrected chi connectivity index (χ2v) is 7.95. The van der Waals surface area contributed by atoms with Crippen molar-refractivity contribution in [1.29, 1.82) is 5.26 Å². The molecule has 1 aliphatic carbocycles. The summed E-state index contributed by atoms with van der Waals surface area (Å²) in [7, 11) is 1.45. The number of nitrogens with zero attached hydrogens (tertiary/aromatic N) is 3. The van der Waals surface area contributed by atoms with Crippen molar-refractivity contribution in [3.8, 4) is 6.07 Å². The van der Waals surface area contributed by atoms with Crippen LogP contribution < -0.4 is 10.2 Å². The van der Waals surface area contributed by atoms with Crippen LogP contribution in [0.5, 0.6) is 0 Å². The van der Waals surface area contributed by atoms with Crippen LogP contribution in [-0.2, 0) is 19.1 Å². The number of hydrogen-bond donors (Lipinski definition) is 1. The molecule has 0 unspecified atom stereocenters. The molecular weight excluding hydrogens is 388 g/mol. The number of nitriles is 1. The Kier molecular flexibility index (Phi) is 4.73. The van der Waals surface area contributed by atoms with E-state index in [2.05, 4.69) is 11.4 Å². The topological polar surface area (TPSA) is 120 Å². The maximum absolute atomic E-state index is 13.1. The molecule has 1 aromatic carbocycles. The monoisotopic (exact) mass is 410 g/mol. The van der Waals surface area contributed by atoms with Crippen LogP contribution in [-0.4, -0.2) is 53.4 Å². The molecule has 0 radical (unpaired) electrons. The van der Waals surface area contributed by atoms with Gasteiger partial charge in [-0.25, -0.2) is 4.79 Å². The van der Waals surface area contributed by atoms with Gasteiger partial charge in [-0.2, -0.15) is 5.26 Å². The third-order valence-electron chi connectivity index (χ3n) is 6.25. The highest BCUT2D eigenvalue weighted by Crippen LogP contribution is 2.44. The molecule has 0 aromatic heterocycles. The summed E-state index contributed by atoms with van der Waals surface area (Å²) in [6.07, 6.45) is 2.96. The molecule has 156 valence electrons. The van der Waals surface area contributed by atoms with Gasteiger partial charge in [0.1, 0.15) is 5.54 Å². The summed E-state index contributed by atoms with van der Waals surface area (Å²) >= 11 is 0. The zero-order valence-corrected chi connectivity index (χ0v) is 16.6. The average Bonchev–Trinajstić information content (AvgIpc) is 3.36. The summed E-state index contributed by atoms with van der Waals surface area (Å²) in [5, 5.41) is 12.1. The Hall–Kier alpha value is -3.41. The van der Waals surface area contributed by atoms with E-state index < -0.39 is 35.6 Å². The first kappa shape index (κ1) is 19.9. The molecule has 30 heavy (non-hydrogen) atoms. The molecule has 2 aliphatic heterocycles. The molecule has 2 heterocycles. The second kappa shape index (κ2) is 7.13. The number of anilines is 1. The van der Waals surface area contributed by atoms with Gasteiger partial charge in [0.25, 0.3) is 11.8 Å². The van der Waals surface area contributed by atoms with Crippen molar-refractivity contribution in [2.24, 2.45) is 0 Å². The van der Waals surface area contributed by atoms with Crippen LogP contribution in [0.3, 0.4) is 0 Å². The third-order valence-corrected chi connectivity index (χ3v) is 6.25. The number of rotatable bonds is 4. The first-order chi connectivity index (χ1) is 14.3. The molecule has 3 amide bonds. The number of amides is 3. The van der Waals surface area contributed by atoms with Crippen LogP contribution in [0.25, 0.3) is 0 Å². The highest BCUT2D eigenvalue weighted by atomic mass is 16.5. The smallest absolute Gasteiger partial charge is 0.354 e. The molecule has 9 heteroatoms. The number of esters is 1. The Morgan fingerprint density at radius 3 is 2.60 bits per heavy atom. The van der Waals surface area contributed by atoms with Gasteiger partial charge in [0, 0.05) is 19.9 Å². The van der Waals surface area contributed by atoms with Crippen LogP contribution in [0.2, 0.25) is 0 Å². The number of nitrogens with one attached hydrogen (secondary N) is 1. The summed E-state index contributed by atoms with van der Waals surface area (Å²) in [6, 6.07) is 8.75. The zero-order chi connectivity index (χ0) is 21.5. The first-order valence-electron chi connectivity index (χ1n) is 9.94. The summed E-state index contributed by atoms with van der Waals surface area (Å²) in [5.41, 5.74) is -1.86. The van der Waals surface area contributed by atoms with Crippen molar-refractivity contribution in [3.05, 3.63) is 29.8 Å². The van der Waals surface area contributed by atoms with Crippen LogP contribution in [0, 0.1) is 11.3 Å². The van der Waals surface area contributed by atoms with Crippen molar-refractivity contribution < 1.29 is 23.9 Å². The Bertz CT molecular complexity index is 978. The van der Waals surface area contributed by atoms with Gasteiger partial charge in [-0.05, 0) is 37.8 Å². The van der Waals surface area contributed by atoms with E-state index in [0.717, 1.165) is 12.8 Å². The third kappa shape index (κ3) is 2.83. The maximum Gasteiger partial charge on any atom is 0.354 e. The molecule has 9 nitrogen and oxygen atoms in total. The van der Waals surface area contributed by atoms with E-state index in [1.54, 1.807) is 24.3 Å². The standard InChI is InChI=1S/C21H22N4O5/c1-24-18(28)14-6-2-3-7-15(14)25-17(27)8-11-21(24,25)19(29)30-12-16(26)23-20(13-22)9-4-5-10-20/h2-3,6-7H,4-5,8-12H2,1H3,(H,23,26)/t21-/m0/s1. The van der Waals surface area contributed by atoms with E-state index >= 15 is 0 Å². The number of ether oxygens (including phenoxy) is 1. The second-order valence-electron chi connectivity index (χ2n) is 7.95. The quantitative estimate of drug-likeness (QED) is 0.742. The molecule has 1 saturated carbocycles. The fourth-order valence-electron chi connectivity index (χ4n) is 4.68. The Morgan fingerprint density at radius 2 is 1.90 bits per heavy atom. The van der Waals surface area contributed by atoms with Gasteiger partial charge in [-0.15, -0.1) is 0 Å². The summed E-state index contributed by atoms with van der Waals surface area (Å²) < 4.78 is 5.28. The Morgan fingerprint density at radius 1 is 1.20 bits per heavy atom. The van der Waals surface area contributed by atoms with Gasteiger partial charge in [-0.1, -0.05) is 12.1 Å². The minimum atomic E-state index is -1.62. The van der Waals surface area contributed by atoms with E-state index in [1.807, 2.05) is 0 Å². The predicted octanol–water partition coefficient (Wildman–Crippen LogP) is 1.09.